The van der Waals surface area contributed by atoms with Gasteiger partial charge in [0.2, 0.25) is 0 Å². The summed E-state index contributed by atoms with van der Waals surface area (Å²) >= 11 is 2.87. The van der Waals surface area contributed by atoms with Gasteiger partial charge in [-0.25, -0.2) is 4.98 Å². The molecule has 2 heterocycles. The van der Waals surface area contributed by atoms with Crippen LogP contribution in [0.4, 0.5) is 0 Å². The smallest absolute Gasteiger partial charge is 0.307 e. The van der Waals surface area contributed by atoms with E-state index < -0.39 is 0 Å². The Kier molecular flexibility index (Phi) is 4.82. The molecule has 2 aromatic rings. The van der Waals surface area contributed by atoms with Crippen LogP contribution in [0.15, 0.2) is 15.3 Å². The molecule has 20 heavy (non-hydrogen) atoms. The van der Waals surface area contributed by atoms with Gasteiger partial charge in [-0.1, -0.05) is 11.8 Å². The maximum Gasteiger partial charge on any atom is 0.307 e. The summed E-state index contributed by atoms with van der Waals surface area (Å²) in [6.45, 7) is 4.31. The molecule has 0 aliphatic heterocycles. The van der Waals surface area contributed by atoms with Gasteiger partial charge in [-0.3, -0.25) is 14.2 Å². The predicted octanol–water partition coefficient (Wildman–Crippen LogP) is 2.44. The minimum Gasteiger partial charge on any atom is -0.466 e. The third-order valence-electron chi connectivity index (χ3n) is 2.87. The van der Waals surface area contributed by atoms with Crippen molar-refractivity contribution in [3.63, 3.8) is 0 Å². The molecular weight excluding hydrogens is 296 g/mol. The monoisotopic (exact) mass is 312 g/mol. The fourth-order valence-corrected chi connectivity index (χ4v) is 3.48. The Bertz CT molecular complexity index is 691. The van der Waals surface area contributed by atoms with Crippen LogP contribution in [-0.2, 0) is 16.1 Å². The molecule has 7 heteroatoms. The number of rotatable bonds is 5. The van der Waals surface area contributed by atoms with Crippen LogP contribution in [0.2, 0.25) is 0 Å². The Hall–Kier alpha value is -1.34. The highest BCUT2D eigenvalue weighted by molar-refractivity contribution is 7.98. The number of hydrogen-bond donors (Lipinski definition) is 0. The summed E-state index contributed by atoms with van der Waals surface area (Å²) in [6, 6.07) is 0. The summed E-state index contributed by atoms with van der Waals surface area (Å²) in [4.78, 5) is 29.2. The van der Waals surface area contributed by atoms with Crippen molar-refractivity contribution in [2.24, 2.45) is 0 Å². The van der Waals surface area contributed by atoms with Gasteiger partial charge in [0.1, 0.15) is 4.83 Å². The van der Waals surface area contributed by atoms with Gasteiger partial charge in [0.05, 0.1) is 18.4 Å². The van der Waals surface area contributed by atoms with Crippen molar-refractivity contribution in [1.82, 2.24) is 9.55 Å². The van der Waals surface area contributed by atoms with E-state index in [1.165, 1.54) is 23.1 Å². The zero-order valence-electron chi connectivity index (χ0n) is 11.6. The number of esters is 1. The van der Waals surface area contributed by atoms with E-state index in [9.17, 15) is 9.59 Å². The Labute approximate surface area is 125 Å². The Morgan fingerprint density at radius 2 is 2.30 bits per heavy atom. The number of hydrogen-bond acceptors (Lipinski definition) is 6. The molecule has 0 aromatic carbocycles. The maximum absolute atomic E-state index is 12.5. The molecule has 108 valence electrons. The van der Waals surface area contributed by atoms with E-state index in [0.29, 0.717) is 23.7 Å². The third-order valence-corrected chi connectivity index (χ3v) is 4.54. The standard InChI is InChI=1S/C13H16N2O3S2/c1-4-18-9(16)5-6-15-12(17)10-8(2)7-20-11(10)14-13(15)19-3/h7H,4-6H2,1-3H3. The molecular formula is C13H16N2O3S2. The lowest BCUT2D eigenvalue weighted by atomic mass is 10.3. The number of thiophene rings is 1. The molecule has 0 fully saturated rings. The van der Waals surface area contributed by atoms with Crippen molar-refractivity contribution < 1.29 is 9.53 Å². The number of nitrogens with zero attached hydrogens (tertiary/aromatic N) is 2. The molecule has 0 aliphatic carbocycles. The Morgan fingerprint density at radius 1 is 1.55 bits per heavy atom. The summed E-state index contributed by atoms with van der Waals surface area (Å²) in [5.41, 5.74) is 0.849. The second kappa shape index (κ2) is 6.41. The minimum absolute atomic E-state index is 0.0811. The van der Waals surface area contributed by atoms with E-state index in [-0.39, 0.29) is 17.9 Å². The van der Waals surface area contributed by atoms with Gasteiger partial charge in [0.15, 0.2) is 5.16 Å². The van der Waals surface area contributed by atoms with Crippen molar-refractivity contribution in [2.45, 2.75) is 32.0 Å². The zero-order chi connectivity index (χ0) is 14.7. The largest absolute Gasteiger partial charge is 0.466 e. The molecule has 0 bridgehead atoms. The van der Waals surface area contributed by atoms with Crippen LogP contribution in [0, 0.1) is 6.92 Å². The minimum atomic E-state index is -0.298. The van der Waals surface area contributed by atoms with Crippen LogP contribution in [0.1, 0.15) is 18.9 Å². The van der Waals surface area contributed by atoms with Crippen LogP contribution in [0.25, 0.3) is 10.2 Å². The van der Waals surface area contributed by atoms with E-state index in [1.54, 1.807) is 11.5 Å². The first-order chi connectivity index (χ1) is 9.58. The number of carbonyl (C=O) groups excluding carboxylic acids is 1. The van der Waals surface area contributed by atoms with E-state index in [1.807, 2.05) is 18.6 Å². The highest BCUT2D eigenvalue weighted by atomic mass is 32.2. The van der Waals surface area contributed by atoms with Gasteiger partial charge in [-0.15, -0.1) is 11.3 Å². The highest BCUT2D eigenvalue weighted by Crippen LogP contribution is 2.23. The molecule has 0 unspecified atom stereocenters. The van der Waals surface area contributed by atoms with Gasteiger partial charge in [0, 0.05) is 6.54 Å². The summed E-state index contributed by atoms with van der Waals surface area (Å²) in [5.74, 6) is -0.298. The highest BCUT2D eigenvalue weighted by Gasteiger charge is 2.14. The van der Waals surface area contributed by atoms with E-state index in [2.05, 4.69) is 4.98 Å². The molecule has 0 spiro atoms. The van der Waals surface area contributed by atoms with Crippen molar-refractivity contribution in [2.75, 3.05) is 12.9 Å². The quantitative estimate of drug-likeness (QED) is 0.482. The maximum atomic E-state index is 12.5. The second-order valence-electron chi connectivity index (χ2n) is 4.21. The van der Waals surface area contributed by atoms with Crippen LogP contribution < -0.4 is 5.56 Å². The topological polar surface area (TPSA) is 61.2 Å². The van der Waals surface area contributed by atoms with Crippen LogP contribution >= 0.6 is 23.1 Å². The predicted molar refractivity (Wildman–Crippen MR) is 81.6 cm³/mol. The van der Waals surface area contributed by atoms with E-state index in [4.69, 9.17) is 4.74 Å². The van der Waals surface area contributed by atoms with E-state index in [0.717, 1.165) is 10.4 Å². The van der Waals surface area contributed by atoms with Crippen molar-refractivity contribution in [3.8, 4) is 0 Å². The molecule has 2 aromatic heterocycles. The van der Waals surface area contributed by atoms with Crippen molar-refractivity contribution in [1.29, 1.82) is 0 Å². The first-order valence-electron chi connectivity index (χ1n) is 6.26. The number of aryl methyl sites for hydroxylation is 1. The normalized spacial score (nSPS) is 10.9. The summed E-state index contributed by atoms with van der Waals surface area (Å²) in [7, 11) is 0. The number of thioether (sulfide) groups is 1. The Balaban J connectivity index is 2.40. The zero-order valence-corrected chi connectivity index (χ0v) is 13.3. The fraction of sp³-hybridized carbons (Fsp3) is 0.462. The SMILES string of the molecule is CCOC(=O)CCn1c(SC)nc2scc(C)c2c1=O. The van der Waals surface area contributed by atoms with Gasteiger partial charge >= 0.3 is 5.97 Å². The second-order valence-corrected chi connectivity index (χ2v) is 5.84. The lowest BCUT2D eigenvalue weighted by Crippen LogP contribution is -2.24. The number of carbonyl (C=O) groups is 1. The number of aromatic nitrogens is 2. The first-order valence-corrected chi connectivity index (χ1v) is 8.37. The van der Waals surface area contributed by atoms with Crippen LogP contribution in [-0.4, -0.2) is 28.4 Å². The number of fused-ring (bicyclic) bond motifs is 1. The molecule has 0 N–H and O–H groups in total. The molecule has 2 rings (SSSR count). The molecule has 0 aliphatic rings. The Morgan fingerprint density at radius 3 is 2.95 bits per heavy atom. The molecule has 0 amide bonds. The summed E-state index contributed by atoms with van der Waals surface area (Å²) in [5, 5.41) is 3.21. The van der Waals surface area contributed by atoms with Crippen LogP contribution in [0.3, 0.4) is 0 Å². The molecule has 5 nitrogen and oxygen atoms in total. The molecule has 0 atom stereocenters. The van der Waals surface area contributed by atoms with Gasteiger partial charge < -0.3 is 4.74 Å². The van der Waals surface area contributed by atoms with Gasteiger partial charge in [0.25, 0.3) is 5.56 Å². The summed E-state index contributed by atoms with van der Waals surface area (Å²) in [6.07, 6.45) is 2.05. The molecule has 0 saturated heterocycles. The van der Waals surface area contributed by atoms with Crippen LogP contribution in [0.5, 0.6) is 0 Å². The lowest BCUT2D eigenvalue weighted by molar-refractivity contribution is -0.143. The van der Waals surface area contributed by atoms with Crippen molar-refractivity contribution in [3.05, 3.63) is 21.3 Å². The average molecular weight is 312 g/mol. The molecule has 0 radical (unpaired) electrons. The third kappa shape index (κ3) is 2.88. The fourth-order valence-electron chi connectivity index (χ4n) is 1.93. The summed E-state index contributed by atoms with van der Waals surface area (Å²) < 4.78 is 6.45. The van der Waals surface area contributed by atoms with Gasteiger partial charge in [-0.05, 0) is 31.0 Å². The van der Waals surface area contributed by atoms with Crippen molar-refractivity contribution >= 4 is 39.3 Å². The van der Waals surface area contributed by atoms with Gasteiger partial charge in [-0.2, -0.15) is 0 Å². The molecule has 0 saturated carbocycles. The number of ether oxygens (including phenoxy) is 1. The van der Waals surface area contributed by atoms with E-state index >= 15 is 0 Å². The first kappa shape index (κ1) is 15.1. The lowest BCUT2D eigenvalue weighted by Gasteiger charge is -2.10. The average Bonchev–Trinajstić information content (AvgIpc) is 2.79.